The highest BCUT2D eigenvalue weighted by molar-refractivity contribution is 6.30. The lowest BCUT2D eigenvalue weighted by Gasteiger charge is -2.11. The van der Waals surface area contributed by atoms with Crippen molar-refractivity contribution in [1.82, 2.24) is 10.6 Å². The summed E-state index contributed by atoms with van der Waals surface area (Å²) >= 11 is 5.86. The van der Waals surface area contributed by atoms with Crippen LogP contribution < -0.4 is 10.6 Å². The quantitative estimate of drug-likeness (QED) is 0.333. The number of ether oxygens (including phenoxy) is 1. The molecule has 1 aromatic rings. The van der Waals surface area contributed by atoms with Gasteiger partial charge in [0.1, 0.15) is 0 Å². The first-order chi connectivity index (χ1) is 10.7. The van der Waals surface area contributed by atoms with Crippen LogP contribution in [-0.4, -0.2) is 39.2 Å². The van der Waals surface area contributed by atoms with E-state index in [1.54, 1.807) is 7.05 Å². The Balaban J connectivity index is 2.14. The zero-order valence-corrected chi connectivity index (χ0v) is 13.9. The SMILES string of the molecule is CN=C(NCCCCC(=O)OC)NCCc1ccc(Cl)cc1. The zero-order chi connectivity index (χ0) is 16.2. The van der Waals surface area contributed by atoms with Gasteiger partial charge in [0.05, 0.1) is 7.11 Å². The Labute approximate surface area is 137 Å². The number of halogens is 1. The number of rotatable bonds is 8. The molecule has 0 atom stereocenters. The molecule has 0 aliphatic heterocycles. The fourth-order valence-corrected chi connectivity index (χ4v) is 2.03. The Morgan fingerprint density at radius 1 is 1.18 bits per heavy atom. The van der Waals surface area contributed by atoms with Gasteiger partial charge in [-0.05, 0) is 37.0 Å². The van der Waals surface area contributed by atoms with E-state index in [9.17, 15) is 4.79 Å². The van der Waals surface area contributed by atoms with Crippen LogP contribution in [0.3, 0.4) is 0 Å². The van der Waals surface area contributed by atoms with Crippen LogP contribution in [-0.2, 0) is 16.0 Å². The number of esters is 1. The Bertz CT molecular complexity index is 475. The van der Waals surface area contributed by atoms with E-state index in [-0.39, 0.29) is 5.97 Å². The van der Waals surface area contributed by atoms with Gasteiger partial charge in [0.2, 0.25) is 0 Å². The number of hydrogen-bond donors (Lipinski definition) is 2. The van der Waals surface area contributed by atoms with Crippen molar-refractivity contribution in [3.63, 3.8) is 0 Å². The average molecular weight is 326 g/mol. The standard InChI is InChI=1S/C16H24ClN3O2/c1-18-16(19-11-4-3-5-15(21)22-2)20-12-10-13-6-8-14(17)9-7-13/h6-9H,3-5,10-12H2,1-2H3,(H2,18,19,20). The summed E-state index contributed by atoms with van der Waals surface area (Å²) < 4.78 is 4.60. The van der Waals surface area contributed by atoms with Crippen molar-refractivity contribution in [2.24, 2.45) is 4.99 Å². The highest BCUT2D eigenvalue weighted by atomic mass is 35.5. The van der Waals surface area contributed by atoms with E-state index in [0.29, 0.717) is 6.42 Å². The van der Waals surface area contributed by atoms with Gasteiger partial charge in [-0.15, -0.1) is 0 Å². The normalized spacial score (nSPS) is 11.1. The number of methoxy groups -OCH3 is 1. The maximum atomic E-state index is 11.0. The van der Waals surface area contributed by atoms with Crippen LogP contribution in [0.15, 0.2) is 29.3 Å². The van der Waals surface area contributed by atoms with Gasteiger partial charge < -0.3 is 15.4 Å². The van der Waals surface area contributed by atoms with Crippen LogP contribution in [0, 0.1) is 0 Å². The molecule has 0 aliphatic carbocycles. The minimum Gasteiger partial charge on any atom is -0.469 e. The molecule has 0 heterocycles. The first-order valence-electron chi connectivity index (χ1n) is 7.41. The molecule has 0 saturated carbocycles. The topological polar surface area (TPSA) is 62.7 Å². The Kier molecular flexibility index (Phi) is 9.07. The number of hydrogen-bond acceptors (Lipinski definition) is 3. The molecule has 0 amide bonds. The molecule has 0 bridgehead atoms. The summed E-state index contributed by atoms with van der Waals surface area (Å²) in [6.45, 7) is 1.57. The van der Waals surface area contributed by atoms with Gasteiger partial charge in [0, 0.05) is 31.6 Å². The van der Waals surface area contributed by atoms with E-state index in [4.69, 9.17) is 11.6 Å². The molecule has 1 aromatic carbocycles. The Morgan fingerprint density at radius 2 is 1.86 bits per heavy atom. The fraction of sp³-hybridized carbons (Fsp3) is 0.500. The zero-order valence-electron chi connectivity index (χ0n) is 13.2. The fourth-order valence-electron chi connectivity index (χ4n) is 1.90. The number of unbranched alkanes of at least 4 members (excludes halogenated alkanes) is 1. The van der Waals surface area contributed by atoms with Crippen molar-refractivity contribution in [3.8, 4) is 0 Å². The first kappa shape index (κ1) is 18.3. The molecule has 0 aromatic heterocycles. The number of nitrogens with one attached hydrogen (secondary N) is 2. The second kappa shape index (κ2) is 10.9. The average Bonchev–Trinajstić information content (AvgIpc) is 2.54. The lowest BCUT2D eigenvalue weighted by atomic mass is 10.1. The highest BCUT2D eigenvalue weighted by Gasteiger charge is 2.01. The number of guanidine groups is 1. The first-order valence-corrected chi connectivity index (χ1v) is 7.79. The Hall–Kier alpha value is -1.75. The van der Waals surface area contributed by atoms with E-state index >= 15 is 0 Å². The van der Waals surface area contributed by atoms with Crippen LogP contribution >= 0.6 is 11.6 Å². The maximum Gasteiger partial charge on any atom is 0.305 e. The van der Waals surface area contributed by atoms with Gasteiger partial charge in [-0.1, -0.05) is 23.7 Å². The largest absolute Gasteiger partial charge is 0.469 e. The van der Waals surface area contributed by atoms with Gasteiger partial charge in [-0.2, -0.15) is 0 Å². The van der Waals surface area contributed by atoms with Crippen molar-refractivity contribution < 1.29 is 9.53 Å². The molecule has 6 heteroatoms. The summed E-state index contributed by atoms with van der Waals surface area (Å²) in [5, 5.41) is 7.23. The summed E-state index contributed by atoms with van der Waals surface area (Å²) in [4.78, 5) is 15.1. The molecule has 0 spiro atoms. The highest BCUT2D eigenvalue weighted by Crippen LogP contribution is 2.09. The van der Waals surface area contributed by atoms with Crippen LogP contribution in [0.5, 0.6) is 0 Å². The number of nitrogens with zero attached hydrogens (tertiary/aromatic N) is 1. The summed E-state index contributed by atoms with van der Waals surface area (Å²) in [6, 6.07) is 7.83. The van der Waals surface area contributed by atoms with E-state index in [0.717, 1.165) is 43.3 Å². The van der Waals surface area contributed by atoms with E-state index in [2.05, 4.69) is 20.4 Å². The smallest absolute Gasteiger partial charge is 0.305 e. The van der Waals surface area contributed by atoms with Crippen molar-refractivity contribution in [2.75, 3.05) is 27.2 Å². The maximum absolute atomic E-state index is 11.0. The van der Waals surface area contributed by atoms with Gasteiger partial charge >= 0.3 is 5.97 Å². The van der Waals surface area contributed by atoms with E-state index in [1.807, 2.05) is 24.3 Å². The van der Waals surface area contributed by atoms with Crippen LogP contribution in [0.1, 0.15) is 24.8 Å². The molecule has 22 heavy (non-hydrogen) atoms. The van der Waals surface area contributed by atoms with Gasteiger partial charge in [-0.25, -0.2) is 0 Å². The number of aliphatic imine (C=N–C) groups is 1. The molecule has 0 unspecified atom stereocenters. The van der Waals surface area contributed by atoms with Crippen molar-refractivity contribution in [3.05, 3.63) is 34.9 Å². The van der Waals surface area contributed by atoms with Crippen molar-refractivity contribution in [1.29, 1.82) is 0 Å². The van der Waals surface area contributed by atoms with Crippen molar-refractivity contribution >= 4 is 23.5 Å². The number of carbonyl (C=O) groups is 1. The molecule has 0 radical (unpaired) electrons. The minimum absolute atomic E-state index is 0.162. The van der Waals surface area contributed by atoms with Crippen LogP contribution in [0.25, 0.3) is 0 Å². The van der Waals surface area contributed by atoms with Crippen LogP contribution in [0.4, 0.5) is 0 Å². The van der Waals surface area contributed by atoms with E-state index in [1.165, 1.54) is 12.7 Å². The predicted octanol–water partition coefficient (Wildman–Crippen LogP) is 2.39. The minimum atomic E-state index is -0.162. The summed E-state index contributed by atoms with van der Waals surface area (Å²) in [5.74, 6) is 0.609. The molecule has 0 saturated heterocycles. The Morgan fingerprint density at radius 3 is 2.50 bits per heavy atom. The molecule has 0 fully saturated rings. The molecule has 0 aliphatic rings. The molecular weight excluding hydrogens is 302 g/mol. The third kappa shape index (κ3) is 7.88. The summed E-state index contributed by atoms with van der Waals surface area (Å²) in [5.41, 5.74) is 1.23. The summed E-state index contributed by atoms with van der Waals surface area (Å²) in [6.07, 6.45) is 3.06. The van der Waals surface area contributed by atoms with Crippen LogP contribution in [0.2, 0.25) is 5.02 Å². The molecular formula is C16H24ClN3O2. The predicted molar refractivity (Wildman–Crippen MR) is 90.4 cm³/mol. The molecule has 2 N–H and O–H groups in total. The lowest BCUT2D eigenvalue weighted by molar-refractivity contribution is -0.140. The summed E-state index contributed by atoms with van der Waals surface area (Å²) in [7, 11) is 3.15. The lowest BCUT2D eigenvalue weighted by Crippen LogP contribution is -2.38. The van der Waals surface area contributed by atoms with Gasteiger partial charge in [0.25, 0.3) is 0 Å². The molecule has 1 rings (SSSR count). The molecule has 122 valence electrons. The monoisotopic (exact) mass is 325 g/mol. The second-order valence-corrected chi connectivity index (χ2v) is 5.27. The second-order valence-electron chi connectivity index (χ2n) is 4.84. The van der Waals surface area contributed by atoms with Gasteiger partial charge in [-0.3, -0.25) is 9.79 Å². The van der Waals surface area contributed by atoms with Gasteiger partial charge in [0.15, 0.2) is 5.96 Å². The third-order valence-electron chi connectivity index (χ3n) is 3.17. The third-order valence-corrected chi connectivity index (χ3v) is 3.42. The van der Waals surface area contributed by atoms with Crippen molar-refractivity contribution in [2.45, 2.75) is 25.7 Å². The number of carbonyl (C=O) groups excluding carboxylic acids is 1. The van der Waals surface area contributed by atoms with E-state index < -0.39 is 0 Å². The molecule has 5 nitrogen and oxygen atoms in total. The number of benzene rings is 1.